The van der Waals surface area contributed by atoms with Crippen LogP contribution in [-0.2, 0) is 22.6 Å². The van der Waals surface area contributed by atoms with Gasteiger partial charge in [0.15, 0.2) is 0 Å². The molecular formula is C24H29BrN2O2. The van der Waals surface area contributed by atoms with Crippen molar-refractivity contribution in [3.8, 4) is 0 Å². The summed E-state index contributed by atoms with van der Waals surface area (Å²) in [5.74, 6) is -0.105. The summed E-state index contributed by atoms with van der Waals surface area (Å²) >= 11 is 3.49. The number of hydrogen-bond donors (Lipinski definition) is 1. The number of nitrogens with one attached hydrogen (secondary N) is 1. The first-order valence-corrected chi connectivity index (χ1v) is 11.1. The van der Waals surface area contributed by atoms with Gasteiger partial charge in [0.05, 0.1) is 6.42 Å². The van der Waals surface area contributed by atoms with Gasteiger partial charge >= 0.3 is 0 Å². The van der Waals surface area contributed by atoms with Crippen LogP contribution in [0, 0.1) is 6.92 Å². The lowest BCUT2D eigenvalue weighted by atomic mass is 10.1. The van der Waals surface area contributed by atoms with Gasteiger partial charge in [-0.1, -0.05) is 70.7 Å². The van der Waals surface area contributed by atoms with Crippen LogP contribution in [0.4, 0.5) is 0 Å². The molecule has 0 radical (unpaired) electrons. The number of amides is 2. The molecule has 0 saturated heterocycles. The second-order valence-corrected chi connectivity index (χ2v) is 8.90. The minimum atomic E-state index is -0.521. The zero-order valence-corrected chi connectivity index (χ0v) is 18.7. The molecule has 1 N–H and O–H groups in total. The first kappa shape index (κ1) is 21.6. The van der Waals surface area contributed by atoms with Gasteiger partial charge in [0.2, 0.25) is 11.8 Å². The van der Waals surface area contributed by atoms with Crippen LogP contribution in [0.25, 0.3) is 0 Å². The predicted molar refractivity (Wildman–Crippen MR) is 119 cm³/mol. The van der Waals surface area contributed by atoms with Crippen LogP contribution >= 0.6 is 15.9 Å². The third-order valence-electron chi connectivity index (χ3n) is 5.59. The van der Waals surface area contributed by atoms with Crippen LogP contribution in [0.5, 0.6) is 0 Å². The summed E-state index contributed by atoms with van der Waals surface area (Å²) in [5, 5.41) is 3.14. The highest BCUT2D eigenvalue weighted by atomic mass is 79.9. The normalized spacial score (nSPS) is 15.1. The van der Waals surface area contributed by atoms with Gasteiger partial charge in [-0.25, -0.2) is 0 Å². The van der Waals surface area contributed by atoms with Crippen molar-refractivity contribution in [1.82, 2.24) is 10.2 Å². The molecule has 29 heavy (non-hydrogen) atoms. The molecule has 0 spiro atoms. The lowest BCUT2D eigenvalue weighted by molar-refractivity contribution is -0.140. The number of carbonyl (C=O) groups excluding carboxylic acids is 2. The van der Waals surface area contributed by atoms with Crippen molar-refractivity contribution in [3.63, 3.8) is 0 Å². The Morgan fingerprint density at radius 3 is 2.45 bits per heavy atom. The van der Waals surface area contributed by atoms with Crippen LogP contribution in [0.1, 0.15) is 49.3 Å². The number of nitrogens with zero attached hydrogens (tertiary/aromatic N) is 1. The molecule has 0 unspecified atom stereocenters. The zero-order valence-electron chi connectivity index (χ0n) is 17.2. The monoisotopic (exact) mass is 456 g/mol. The maximum Gasteiger partial charge on any atom is 0.242 e. The number of benzene rings is 2. The van der Waals surface area contributed by atoms with E-state index in [2.05, 4.69) is 21.2 Å². The third-order valence-corrected chi connectivity index (χ3v) is 6.08. The zero-order chi connectivity index (χ0) is 20.8. The van der Waals surface area contributed by atoms with Gasteiger partial charge in [-0.15, -0.1) is 0 Å². The van der Waals surface area contributed by atoms with Crippen molar-refractivity contribution in [1.29, 1.82) is 0 Å². The molecule has 2 aromatic carbocycles. The van der Waals surface area contributed by atoms with Crippen LogP contribution in [0.15, 0.2) is 53.0 Å². The Morgan fingerprint density at radius 2 is 1.79 bits per heavy atom. The van der Waals surface area contributed by atoms with Crippen LogP contribution < -0.4 is 5.32 Å². The number of carbonyl (C=O) groups is 2. The summed E-state index contributed by atoms with van der Waals surface area (Å²) in [6.07, 6.45) is 4.67. The van der Waals surface area contributed by atoms with E-state index in [-0.39, 0.29) is 24.3 Å². The highest BCUT2D eigenvalue weighted by Crippen LogP contribution is 2.20. The Labute approximate surface area is 181 Å². The van der Waals surface area contributed by atoms with E-state index in [1.165, 1.54) is 0 Å². The van der Waals surface area contributed by atoms with E-state index < -0.39 is 6.04 Å². The number of hydrogen-bond acceptors (Lipinski definition) is 2. The minimum absolute atomic E-state index is 0.0390. The average Bonchev–Trinajstić information content (AvgIpc) is 3.20. The van der Waals surface area contributed by atoms with Crippen LogP contribution in [0.2, 0.25) is 0 Å². The molecule has 0 bridgehead atoms. The molecule has 1 saturated carbocycles. The molecule has 0 aromatic heterocycles. The van der Waals surface area contributed by atoms with E-state index >= 15 is 0 Å². The van der Waals surface area contributed by atoms with Crippen molar-refractivity contribution in [3.05, 3.63) is 69.7 Å². The number of aryl methyl sites for hydroxylation is 1. The molecule has 1 atom stereocenters. The molecule has 2 amide bonds. The van der Waals surface area contributed by atoms with Crippen molar-refractivity contribution in [2.75, 3.05) is 0 Å². The highest BCUT2D eigenvalue weighted by molar-refractivity contribution is 9.10. The Morgan fingerprint density at radius 1 is 1.10 bits per heavy atom. The van der Waals surface area contributed by atoms with Gasteiger partial charge in [0.1, 0.15) is 6.04 Å². The smallest absolute Gasteiger partial charge is 0.242 e. The maximum absolute atomic E-state index is 13.2. The Balaban J connectivity index is 1.76. The summed E-state index contributed by atoms with van der Waals surface area (Å²) in [6.45, 7) is 4.26. The minimum Gasteiger partial charge on any atom is -0.352 e. The van der Waals surface area contributed by atoms with E-state index in [1.807, 2.05) is 62.4 Å². The van der Waals surface area contributed by atoms with E-state index in [1.54, 1.807) is 4.90 Å². The molecule has 154 valence electrons. The molecule has 3 rings (SSSR count). The molecular weight excluding hydrogens is 428 g/mol. The van der Waals surface area contributed by atoms with Gasteiger partial charge in [-0.2, -0.15) is 0 Å². The van der Waals surface area contributed by atoms with Crippen molar-refractivity contribution in [2.45, 2.75) is 64.6 Å². The summed E-state index contributed by atoms with van der Waals surface area (Å²) in [6, 6.07) is 15.6. The summed E-state index contributed by atoms with van der Waals surface area (Å²) in [5.41, 5.74) is 3.12. The largest absolute Gasteiger partial charge is 0.352 e. The summed E-state index contributed by atoms with van der Waals surface area (Å²) in [4.78, 5) is 27.8. The summed E-state index contributed by atoms with van der Waals surface area (Å²) in [7, 11) is 0. The van der Waals surface area contributed by atoms with E-state index in [9.17, 15) is 9.59 Å². The van der Waals surface area contributed by atoms with Gasteiger partial charge in [-0.05, 0) is 49.9 Å². The maximum atomic E-state index is 13.2. The van der Waals surface area contributed by atoms with Crippen molar-refractivity contribution in [2.24, 2.45) is 0 Å². The molecule has 2 aromatic rings. The quantitative estimate of drug-likeness (QED) is 0.651. The molecule has 1 aliphatic carbocycles. The predicted octanol–water partition coefficient (Wildman–Crippen LogP) is 4.78. The Bertz CT molecular complexity index is 844. The van der Waals surface area contributed by atoms with Crippen molar-refractivity contribution >= 4 is 27.7 Å². The van der Waals surface area contributed by atoms with Gasteiger partial charge in [0.25, 0.3) is 0 Å². The van der Waals surface area contributed by atoms with Gasteiger partial charge < -0.3 is 10.2 Å². The fourth-order valence-electron chi connectivity index (χ4n) is 3.79. The van der Waals surface area contributed by atoms with Gasteiger partial charge in [-0.3, -0.25) is 9.59 Å². The molecule has 4 nitrogen and oxygen atoms in total. The van der Waals surface area contributed by atoms with E-state index in [4.69, 9.17) is 0 Å². The molecule has 5 heteroatoms. The lowest BCUT2D eigenvalue weighted by Crippen LogP contribution is -2.50. The van der Waals surface area contributed by atoms with Crippen LogP contribution in [-0.4, -0.2) is 28.8 Å². The Kier molecular flexibility index (Phi) is 7.48. The second-order valence-electron chi connectivity index (χ2n) is 7.98. The Hall–Kier alpha value is -2.14. The first-order valence-electron chi connectivity index (χ1n) is 10.3. The second kappa shape index (κ2) is 10.1. The van der Waals surface area contributed by atoms with E-state index in [0.717, 1.165) is 46.8 Å². The van der Waals surface area contributed by atoms with Gasteiger partial charge in [0, 0.05) is 17.1 Å². The lowest BCUT2D eigenvalue weighted by Gasteiger charge is -2.30. The molecule has 1 aliphatic rings. The number of rotatable bonds is 7. The molecule has 0 heterocycles. The van der Waals surface area contributed by atoms with Crippen molar-refractivity contribution < 1.29 is 9.59 Å². The fourth-order valence-corrected chi connectivity index (χ4v) is 4.24. The fraction of sp³-hybridized carbons (Fsp3) is 0.417. The van der Waals surface area contributed by atoms with Crippen LogP contribution in [0.3, 0.4) is 0 Å². The standard InChI is InChI=1S/C24H29BrN2O2/c1-17-10-12-19(13-11-17)15-23(28)27(16-20-6-5-7-21(25)14-20)18(2)24(29)26-22-8-3-4-9-22/h5-7,10-14,18,22H,3-4,8-9,15-16H2,1-2H3,(H,26,29)/t18-/m0/s1. The molecule has 1 fully saturated rings. The SMILES string of the molecule is Cc1ccc(CC(=O)N(Cc2cccc(Br)c2)[C@@H](C)C(=O)NC2CCCC2)cc1. The first-order chi connectivity index (χ1) is 13.9. The number of halogens is 1. The molecule has 0 aliphatic heterocycles. The highest BCUT2D eigenvalue weighted by Gasteiger charge is 2.28. The topological polar surface area (TPSA) is 49.4 Å². The third kappa shape index (κ3) is 6.17. The summed E-state index contributed by atoms with van der Waals surface area (Å²) < 4.78 is 0.962. The average molecular weight is 457 g/mol. The van der Waals surface area contributed by atoms with E-state index in [0.29, 0.717) is 6.54 Å².